The minimum Gasteiger partial charge on any atom is -0.394 e. The van der Waals surface area contributed by atoms with Crippen molar-refractivity contribution in [1.29, 1.82) is 0 Å². The molecule has 146 valence electrons. The summed E-state index contributed by atoms with van der Waals surface area (Å²) in [5, 5.41) is 33.6. The summed E-state index contributed by atoms with van der Waals surface area (Å²) in [5.74, 6) is 0.379. The Morgan fingerprint density at radius 3 is 2.68 bits per heavy atom. The number of hydrazone groups is 1. The summed E-state index contributed by atoms with van der Waals surface area (Å²) in [6.07, 6.45) is 0.170. The van der Waals surface area contributed by atoms with Crippen LogP contribution in [0.3, 0.4) is 0 Å². The number of aliphatic hydroxyl groups excluding tert-OH is 3. The standard InChI is InChI=1S/C17H17BrN6O4/c18-10-3-1-9(2-4-10)5-22-23-15-12-16(20-7-19-15)24(8-21-12)17-14(27)13(26)11(6-25)28-17/h1-5,7-8,11,13-14,17,25-27H,6H2,(H,19,20,23)/b22-5+. The highest BCUT2D eigenvalue weighted by atomic mass is 79.9. The highest BCUT2D eigenvalue weighted by Gasteiger charge is 2.44. The van der Waals surface area contributed by atoms with Crippen molar-refractivity contribution in [3.63, 3.8) is 0 Å². The number of aliphatic hydroxyl groups is 3. The van der Waals surface area contributed by atoms with Gasteiger partial charge < -0.3 is 20.1 Å². The number of imidazole rings is 1. The van der Waals surface area contributed by atoms with Gasteiger partial charge in [-0.25, -0.2) is 15.0 Å². The van der Waals surface area contributed by atoms with E-state index in [1.54, 1.807) is 6.21 Å². The molecule has 3 aromatic rings. The Morgan fingerprint density at radius 2 is 1.96 bits per heavy atom. The Bertz CT molecular complexity index is 995. The molecule has 4 N–H and O–H groups in total. The molecule has 1 aromatic carbocycles. The molecule has 11 heteroatoms. The topological polar surface area (TPSA) is 138 Å². The predicted molar refractivity (Wildman–Crippen MR) is 104 cm³/mol. The molecule has 1 saturated heterocycles. The van der Waals surface area contributed by atoms with Crippen molar-refractivity contribution in [3.8, 4) is 0 Å². The lowest BCUT2D eigenvalue weighted by Crippen LogP contribution is -2.33. The minimum absolute atomic E-state index is 0.379. The lowest BCUT2D eigenvalue weighted by atomic mass is 10.1. The van der Waals surface area contributed by atoms with Crippen LogP contribution in [0, 0.1) is 0 Å². The Labute approximate surface area is 167 Å². The molecule has 2 aromatic heterocycles. The van der Waals surface area contributed by atoms with Crippen LogP contribution < -0.4 is 5.43 Å². The van der Waals surface area contributed by atoms with Gasteiger partial charge in [-0.2, -0.15) is 5.10 Å². The number of aromatic nitrogens is 4. The molecule has 0 amide bonds. The van der Waals surface area contributed by atoms with E-state index in [4.69, 9.17) is 4.74 Å². The van der Waals surface area contributed by atoms with Crippen LogP contribution in [0.1, 0.15) is 11.8 Å². The van der Waals surface area contributed by atoms with Gasteiger partial charge in [0.1, 0.15) is 24.6 Å². The Hall–Kier alpha value is -2.44. The van der Waals surface area contributed by atoms with E-state index < -0.39 is 31.1 Å². The molecule has 0 saturated carbocycles. The quantitative estimate of drug-likeness (QED) is 0.329. The molecule has 1 aliphatic rings. The SMILES string of the molecule is OCC1OC(n2cnc3c(N/N=C/c4ccc(Br)cc4)ncnc32)C(O)C1O. The Balaban J connectivity index is 1.58. The second-order valence-corrected chi connectivity index (χ2v) is 7.11. The zero-order chi connectivity index (χ0) is 19.7. The average Bonchev–Trinajstić information content (AvgIpc) is 3.25. The third-order valence-corrected chi connectivity index (χ3v) is 4.93. The molecule has 0 aliphatic carbocycles. The second-order valence-electron chi connectivity index (χ2n) is 6.20. The van der Waals surface area contributed by atoms with Gasteiger partial charge in [0.25, 0.3) is 0 Å². The van der Waals surface area contributed by atoms with Crippen molar-refractivity contribution < 1.29 is 20.1 Å². The van der Waals surface area contributed by atoms with E-state index in [2.05, 4.69) is 41.4 Å². The monoisotopic (exact) mass is 448 g/mol. The van der Waals surface area contributed by atoms with Gasteiger partial charge in [-0.05, 0) is 17.7 Å². The average molecular weight is 449 g/mol. The third kappa shape index (κ3) is 3.50. The first-order chi connectivity index (χ1) is 13.6. The Kier molecular flexibility index (Phi) is 5.33. The summed E-state index contributed by atoms with van der Waals surface area (Å²) < 4.78 is 8.00. The van der Waals surface area contributed by atoms with Crippen molar-refractivity contribution in [2.24, 2.45) is 5.10 Å². The number of nitrogens with one attached hydrogen (secondary N) is 1. The normalized spacial score (nSPS) is 25.0. The van der Waals surface area contributed by atoms with Gasteiger partial charge in [-0.15, -0.1) is 0 Å². The predicted octanol–water partition coefficient (Wildman–Crippen LogP) is 0.646. The zero-order valence-electron chi connectivity index (χ0n) is 14.4. The Morgan fingerprint density at radius 1 is 1.18 bits per heavy atom. The molecule has 1 fully saturated rings. The molecule has 10 nitrogen and oxygen atoms in total. The molecule has 4 atom stereocenters. The summed E-state index contributed by atoms with van der Waals surface area (Å²) in [4.78, 5) is 12.6. The van der Waals surface area contributed by atoms with Crippen LogP contribution >= 0.6 is 15.9 Å². The van der Waals surface area contributed by atoms with E-state index in [0.717, 1.165) is 10.0 Å². The van der Waals surface area contributed by atoms with Crippen LogP contribution in [-0.2, 0) is 4.74 Å². The lowest BCUT2D eigenvalue weighted by Gasteiger charge is -2.16. The van der Waals surface area contributed by atoms with Gasteiger partial charge in [0.15, 0.2) is 23.2 Å². The molecule has 1 aliphatic heterocycles. The number of rotatable bonds is 5. The van der Waals surface area contributed by atoms with Crippen molar-refractivity contribution in [2.45, 2.75) is 24.5 Å². The summed E-state index contributed by atoms with van der Waals surface area (Å²) in [6, 6.07) is 7.63. The lowest BCUT2D eigenvalue weighted by molar-refractivity contribution is -0.0511. The van der Waals surface area contributed by atoms with Gasteiger partial charge in [0, 0.05) is 4.47 Å². The molecule has 4 rings (SSSR count). The van der Waals surface area contributed by atoms with Crippen LogP contribution in [0.4, 0.5) is 5.82 Å². The number of hydrogen-bond acceptors (Lipinski definition) is 9. The summed E-state index contributed by atoms with van der Waals surface area (Å²) in [5.41, 5.74) is 4.55. The molecular formula is C17H17BrN6O4. The first-order valence-electron chi connectivity index (χ1n) is 8.43. The number of nitrogens with zero attached hydrogens (tertiary/aromatic N) is 5. The molecule has 28 heavy (non-hydrogen) atoms. The van der Waals surface area contributed by atoms with Gasteiger partial charge in [0.2, 0.25) is 0 Å². The van der Waals surface area contributed by atoms with E-state index in [9.17, 15) is 15.3 Å². The molecule has 0 bridgehead atoms. The second kappa shape index (κ2) is 7.89. The first-order valence-corrected chi connectivity index (χ1v) is 9.22. The summed E-state index contributed by atoms with van der Waals surface area (Å²) in [6.45, 7) is -0.409. The summed E-state index contributed by atoms with van der Waals surface area (Å²) in [7, 11) is 0. The zero-order valence-corrected chi connectivity index (χ0v) is 16.0. The minimum atomic E-state index is -1.23. The molecule has 3 heterocycles. The maximum atomic E-state index is 10.2. The maximum absolute atomic E-state index is 10.2. The number of hydrogen-bond donors (Lipinski definition) is 4. The van der Waals surface area contributed by atoms with E-state index in [0.29, 0.717) is 17.0 Å². The van der Waals surface area contributed by atoms with Crippen LogP contribution in [0.5, 0.6) is 0 Å². The van der Waals surface area contributed by atoms with Gasteiger partial charge >= 0.3 is 0 Å². The van der Waals surface area contributed by atoms with Crippen LogP contribution in [-0.4, -0.2) is 66.0 Å². The van der Waals surface area contributed by atoms with E-state index in [1.165, 1.54) is 17.2 Å². The van der Waals surface area contributed by atoms with Crippen LogP contribution in [0.2, 0.25) is 0 Å². The fourth-order valence-electron chi connectivity index (χ4n) is 2.95. The highest BCUT2D eigenvalue weighted by molar-refractivity contribution is 9.10. The van der Waals surface area contributed by atoms with E-state index >= 15 is 0 Å². The largest absolute Gasteiger partial charge is 0.394 e. The molecule has 4 unspecified atom stereocenters. The van der Waals surface area contributed by atoms with E-state index in [-0.39, 0.29) is 0 Å². The summed E-state index contributed by atoms with van der Waals surface area (Å²) >= 11 is 3.38. The number of halogens is 1. The molecular weight excluding hydrogens is 432 g/mol. The van der Waals surface area contributed by atoms with Gasteiger partial charge in [0.05, 0.1) is 19.1 Å². The fraction of sp³-hybridized carbons (Fsp3) is 0.294. The van der Waals surface area contributed by atoms with Crippen molar-refractivity contribution in [1.82, 2.24) is 19.5 Å². The number of fused-ring (bicyclic) bond motifs is 1. The number of benzene rings is 1. The fourth-order valence-corrected chi connectivity index (χ4v) is 3.21. The van der Waals surface area contributed by atoms with Crippen molar-refractivity contribution in [3.05, 3.63) is 47.0 Å². The van der Waals surface area contributed by atoms with Gasteiger partial charge in [-0.3, -0.25) is 9.99 Å². The smallest absolute Gasteiger partial charge is 0.177 e. The molecule has 0 radical (unpaired) electrons. The van der Waals surface area contributed by atoms with Gasteiger partial charge in [-0.1, -0.05) is 28.1 Å². The van der Waals surface area contributed by atoms with E-state index in [1.807, 2.05) is 24.3 Å². The van der Waals surface area contributed by atoms with Crippen molar-refractivity contribution in [2.75, 3.05) is 12.0 Å². The molecule has 0 spiro atoms. The maximum Gasteiger partial charge on any atom is 0.177 e. The van der Waals surface area contributed by atoms with Crippen LogP contribution in [0.25, 0.3) is 11.2 Å². The number of ether oxygens (including phenoxy) is 1. The third-order valence-electron chi connectivity index (χ3n) is 4.40. The van der Waals surface area contributed by atoms with Crippen LogP contribution in [0.15, 0.2) is 46.5 Å². The first kappa shape index (κ1) is 18.9. The number of anilines is 1. The highest BCUT2D eigenvalue weighted by Crippen LogP contribution is 2.32. The van der Waals surface area contributed by atoms with Crippen molar-refractivity contribution >= 4 is 39.1 Å².